The van der Waals surface area contributed by atoms with Crippen LogP contribution < -0.4 is 4.90 Å². The normalized spacial score (nSPS) is 16.8. The van der Waals surface area contributed by atoms with E-state index in [1.54, 1.807) is 21.9 Å². The van der Waals surface area contributed by atoms with Crippen molar-refractivity contribution in [1.29, 1.82) is 5.26 Å². The molecule has 3 aromatic rings. The summed E-state index contributed by atoms with van der Waals surface area (Å²) >= 11 is 0. The van der Waals surface area contributed by atoms with Crippen LogP contribution in [0.1, 0.15) is 28.9 Å². The third kappa shape index (κ3) is 4.54. The van der Waals surface area contributed by atoms with Gasteiger partial charge < -0.3 is 23.5 Å². The van der Waals surface area contributed by atoms with E-state index in [1.807, 2.05) is 4.90 Å². The average Bonchev–Trinajstić information content (AvgIpc) is 3.60. The zero-order valence-corrected chi connectivity index (χ0v) is 19.3. The van der Waals surface area contributed by atoms with Crippen molar-refractivity contribution in [3.8, 4) is 17.7 Å². The van der Waals surface area contributed by atoms with Gasteiger partial charge in [-0.3, -0.25) is 9.59 Å². The zero-order chi connectivity index (χ0) is 25.2. The van der Waals surface area contributed by atoms with E-state index in [4.69, 9.17) is 8.83 Å². The van der Waals surface area contributed by atoms with Crippen LogP contribution in [0.25, 0.3) is 11.7 Å². The molecule has 0 unspecified atom stereocenters. The van der Waals surface area contributed by atoms with Gasteiger partial charge in [-0.15, -0.1) is 0 Å². The summed E-state index contributed by atoms with van der Waals surface area (Å²) < 4.78 is 37.8. The lowest BCUT2D eigenvalue weighted by atomic mass is 9.95. The number of nitrogens with zero attached hydrogens (tertiary/aromatic N) is 5. The minimum absolute atomic E-state index is 0.0314. The fraction of sp³-hybridized carbons (Fsp3) is 0.360. The van der Waals surface area contributed by atoms with Crippen LogP contribution in [-0.2, 0) is 4.79 Å². The number of aromatic nitrogens is 1. The van der Waals surface area contributed by atoms with E-state index in [1.165, 1.54) is 12.3 Å². The van der Waals surface area contributed by atoms with Crippen molar-refractivity contribution in [2.45, 2.75) is 12.8 Å². The SMILES string of the molecule is N#Cc1nc(-c2ccco2)oc1N1CCC(C(=O)N2CCN(C(=O)c3ccc(F)c(F)c3)CC2)CC1. The van der Waals surface area contributed by atoms with Crippen LogP contribution in [0, 0.1) is 28.9 Å². The van der Waals surface area contributed by atoms with E-state index < -0.39 is 11.6 Å². The number of rotatable bonds is 4. The largest absolute Gasteiger partial charge is 0.459 e. The van der Waals surface area contributed by atoms with E-state index in [0.717, 1.165) is 12.1 Å². The second-order valence-electron chi connectivity index (χ2n) is 8.77. The maximum absolute atomic E-state index is 13.5. The molecule has 0 bridgehead atoms. The molecule has 5 rings (SSSR count). The lowest BCUT2D eigenvalue weighted by Crippen LogP contribution is -2.53. The quantitative estimate of drug-likeness (QED) is 0.547. The fourth-order valence-electron chi connectivity index (χ4n) is 4.63. The van der Waals surface area contributed by atoms with Gasteiger partial charge in [0.15, 0.2) is 17.4 Å². The molecule has 0 spiro atoms. The van der Waals surface area contributed by atoms with Crippen molar-refractivity contribution in [2.24, 2.45) is 5.92 Å². The fourth-order valence-corrected chi connectivity index (χ4v) is 4.63. The van der Waals surface area contributed by atoms with Crippen molar-refractivity contribution in [1.82, 2.24) is 14.8 Å². The first-order valence-electron chi connectivity index (χ1n) is 11.7. The smallest absolute Gasteiger partial charge is 0.266 e. The second-order valence-corrected chi connectivity index (χ2v) is 8.77. The van der Waals surface area contributed by atoms with Gasteiger partial charge in [-0.1, -0.05) is 0 Å². The molecule has 2 fully saturated rings. The van der Waals surface area contributed by atoms with Crippen molar-refractivity contribution in [3.63, 3.8) is 0 Å². The van der Waals surface area contributed by atoms with Gasteiger partial charge in [0.2, 0.25) is 17.5 Å². The van der Waals surface area contributed by atoms with Gasteiger partial charge in [-0.05, 0) is 43.2 Å². The molecule has 1 aromatic carbocycles. The molecule has 0 saturated carbocycles. The Morgan fingerprint density at radius 1 is 1.00 bits per heavy atom. The lowest BCUT2D eigenvalue weighted by Gasteiger charge is -2.38. The van der Waals surface area contributed by atoms with Crippen molar-refractivity contribution in [3.05, 3.63) is 59.5 Å². The Morgan fingerprint density at radius 2 is 1.72 bits per heavy atom. The molecular formula is C25H23F2N5O4. The van der Waals surface area contributed by atoms with Gasteiger partial charge in [0.1, 0.15) is 6.07 Å². The summed E-state index contributed by atoms with van der Waals surface area (Å²) in [5.41, 5.74) is 0.258. The topological polar surface area (TPSA) is 107 Å². The number of halogens is 2. The average molecular weight is 495 g/mol. The number of furan rings is 1. The molecule has 36 heavy (non-hydrogen) atoms. The Hall–Kier alpha value is -4.20. The summed E-state index contributed by atoms with van der Waals surface area (Å²) in [6.45, 7) is 2.46. The highest BCUT2D eigenvalue weighted by Crippen LogP contribution is 2.31. The Kier molecular flexibility index (Phi) is 6.41. The third-order valence-electron chi connectivity index (χ3n) is 6.62. The maximum atomic E-state index is 13.5. The van der Waals surface area contributed by atoms with Crippen LogP contribution in [0.15, 0.2) is 45.4 Å². The summed E-state index contributed by atoms with van der Waals surface area (Å²) in [7, 11) is 0. The van der Waals surface area contributed by atoms with Gasteiger partial charge in [0.25, 0.3) is 11.8 Å². The van der Waals surface area contributed by atoms with Gasteiger partial charge >= 0.3 is 0 Å². The first kappa shape index (κ1) is 23.5. The van der Waals surface area contributed by atoms with Gasteiger partial charge in [-0.25, -0.2) is 8.78 Å². The number of piperidine rings is 1. The van der Waals surface area contributed by atoms with Crippen LogP contribution in [0.2, 0.25) is 0 Å². The summed E-state index contributed by atoms with van der Waals surface area (Å²) in [4.78, 5) is 35.2. The Labute approximate surface area is 205 Å². The van der Waals surface area contributed by atoms with Crippen LogP contribution in [0.3, 0.4) is 0 Å². The molecule has 0 aliphatic carbocycles. The number of carbonyl (C=O) groups excluding carboxylic acids is 2. The third-order valence-corrected chi connectivity index (χ3v) is 6.62. The molecule has 4 heterocycles. The van der Waals surface area contributed by atoms with E-state index in [9.17, 15) is 23.6 Å². The first-order chi connectivity index (χ1) is 17.4. The minimum atomic E-state index is -1.06. The highest BCUT2D eigenvalue weighted by Gasteiger charge is 2.33. The molecule has 186 valence electrons. The molecule has 2 aliphatic rings. The Balaban J connectivity index is 1.15. The van der Waals surface area contributed by atoms with E-state index in [2.05, 4.69) is 11.1 Å². The van der Waals surface area contributed by atoms with E-state index >= 15 is 0 Å². The minimum Gasteiger partial charge on any atom is -0.459 e. The van der Waals surface area contributed by atoms with Gasteiger partial charge in [0, 0.05) is 50.7 Å². The molecule has 2 aliphatic heterocycles. The second kappa shape index (κ2) is 9.81. The molecule has 2 aromatic heterocycles. The summed E-state index contributed by atoms with van der Waals surface area (Å²) in [5.74, 6) is -1.55. The summed E-state index contributed by atoms with van der Waals surface area (Å²) in [6.07, 6.45) is 2.68. The van der Waals surface area contributed by atoms with Crippen molar-refractivity contribution in [2.75, 3.05) is 44.2 Å². The number of nitriles is 1. The van der Waals surface area contributed by atoms with Crippen LogP contribution in [-0.4, -0.2) is 65.9 Å². The summed E-state index contributed by atoms with van der Waals surface area (Å²) in [5, 5.41) is 9.48. The Bertz CT molecular complexity index is 1300. The number of amides is 2. The number of carbonyl (C=O) groups is 2. The standard InChI is InChI=1S/C25H23F2N5O4/c26-18-4-3-17(14-19(18)27)24(34)31-11-9-30(10-12-31)23(33)16-5-7-32(8-6-16)25-20(15-28)29-22(36-25)21-2-1-13-35-21/h1-4,13-14,16H,5-12H2. The van der Waals surface area contributed by atoms with Crippen molar-refractivity contribution >= 4 is 17.7 Å². The molecular weight excluding hydrogens is 472 g/mol. The number of anilines is 1. The van der Waals surface area contributed by atoms with Crippen LogP contribution in [0.5, 0.6) is 0 Å². The lowest BCUT2D eigenvalue weighted by molar-refractivity contribution is -0.137. The number of hydrogen-bond acceptors (Lipinski definition) is 7. The number of piperazine rings is 1. The predicted molar refractivity (Wildman–Crippen MR) is 123 cm³/mol. The Morgan fingerprint density at radius 3 is 2.36 bits per heavy atom. The first-order valence-corrected chi connectivity index (χ1v) is 11.7. The van der Waals surface area contributed by atoms with E-state index in [-0.39, 0.29) is 34.9 Å². The molecule has 11 heteroatoms. The number of oxazole rings is 1. The van der Waals surface area contributed by atoms with Crippen molar-refractivity contribution < 1.29 is 27.2 Å². The zero-order valence-electron chi connectivity index (χ0n) is 19.3. The number of benzene rings is 1. The molecule has 2 amide bonds. The van der Waals surface area contributed by atoms with Gasteiger partial charge in [-0.2, -0.15) is 10.2 Å². The van der Waals surface area contributed by atoms with Crippen LogP contribution >= 0.6 is 0 Å². The molecule has 0 radical (unpaired) electrons. The highest BCUT2D eigenvalue weighted by molar-refractivity contribution is 5.94. The molecule has 0 atom stereocenters. The monoisotopic (exact) mass is 495 g/mol. The number of hydrogen-bond donors (Lipinski definition) is 0. The van der Waals surface area contributed by atoms with E-state index in [0.29, 0.717) is 63.8 Å². The highest BCUT2D eigenvalue weighted by atomic mass is 19.2. The van der Waals surface area contributed by atoms with Gasteiger partial charge in [0.05, 0.1) is 6.26 Å². The predicted octanol–water partition coefficient (Wildman–Crippen LogP) is 3.29. The molecule has 9 nitrogen and oxygen atoms in total. The van der Waals surface area contributed by atoms with Crippen LogP contribution in [0.4, 0.5) is 14.7 Å². The summed E-state index contributed by atoms with van der Waals surface area (Å²) in [6, 6.07) is 8.56. The maximum Gasteiger partial charge on any atom is 0.266 e. The molecule has 2 saturated heterocycles. The molecule has 0 N–H and O–H groups in total.